The van der Waals surface area contributed by atoms with Crippen molar-refractivity contribution in [3.8, 4) is 22.8 Å². The lowest BCUT2D eigenvalue weighted by Gasteiger charge is -2.19. The summed E-state index contributed by atoms with van der Waals surface area (Å²) in [6.45, 7) is 11.2. The van der Waals surface area contributed by atoms with Crippen molar-refractivity contribution in [2.45, 2.75) is 50.7 Å². The number of benzene rings is 1. The molecule has 0 unspecified atom stereocenters. The van der Waals surface area contributed by atoms with Crippen molar-refractivity contribution in [3.05, 3.63) is 72.9 Å². The van der Waals surface area contributed by atoms with Gasteiger partial charge in [0.15, 0.2) is 11.0 Å². The fourth-order valence-corrected chi connectivity index (χ4v) is 4.27. The number of allylic oxidation sites excluding steroid dienone is 1. The largest absolute Gasteiger partial charge is 0.339 e. The molecule has 8 heteroatoms. The Hall–Kier alpha value is -3.26. The highest BCUT2D eigenvalue weighted by Gasteiger charge is 2.17. The van der Waals surface area contributed by atoms with Crippen LogP contribution in [0.1, 0.15) is 38.6 Å². The van der Waals surface area contributed by atoms with Crippen LogP contribution < -0.4 is 0 Å². The van der Waals surface area contributed by atoms with E-state index in [4.69, 9.17) is 4.52 Å². The highest BCUT2D eigenvalue weighted by molar-refractivity contribution is 7.99. The maximum Gasteiger partial charge on any atom is 0.226 e. The Bertz CT molecular complexity index is 1190. The van der Waals surface area contributed by atoms with E-state index in [1.807, 2.05) is 18.2 Å². The Kier molecular flexibility index (Phi) is 7.03. The molecule has 0 N–H and O–H groups in total. The van der Waals surface area contributed by atoms with Crippen molar-refractivity contribution in [1.82, 2.24) is 29.9 Å². The van der Waals surface area contributed by atoms with Crippen molar-refractivity contribution in [2.24, 2.45) is 0 Å². The van der Waals surface area contributed by atoms with Crippen LogP contribution in [0.2, 0.25) is 0 Å². The zero-order valence-electron chi connectivity index (χ0n) is 19.2. The average molecular weight is 461 g/mol. The minimum absolute atomic E-state index is 0.117. The minimum Gasteiger partial charge on any atom is -0.339 e. The number of hydrogen-bond acceptors (Lipinski definition) is 7. The number of aromatic nitrogens is 6. The van der Waals surface area contributed by atoms with Crippen LogP contribution in [-0.4, -0.2) is 35.6 Å². The Morgan fingerprint density at radius 1 is 1.03 bits per heavy atom. The third-order valence-electron chi connectivity index (χ3n) is 5.21. The van der Waals surface area contributed by atoms with Gasteiger partial charge in [-0.05, 0) is 29.5 Å². The van der Waals surface area contributed by atoms with E-state index < -0.39 is 0 Å². The Labute approximate surface area is 198 Å². The second kappa shape index (κ2) is 10.1. The summed E-state index contributed by atoms with van der Waals surface area (Å²) in [4.78, 5) is 8.49. The predicted molar refractivity (Wildman–Crippen MR) is 131 cm³/mol. The van der Waals surface area contributed by atoms with Gasteiger partial charge in [0.2, 0.25) is 11.7 Å². The van der Waals surface area contributed by atoms with Crippen LogP contribution >= 0.6 is 11.8 Å². The summed E-state index contributed by atoms with van der Waals surface area (Å²) in [5, 5.41) is 13.9. The van der Waals surface area contributed by atoms with E-state index in [-0.39, 0.29) is 5.41 Å². The Balaban J connectivity index is 1.38. The first-order valence-electron chi connectivity index (χ1n) is 11.0. The first-order valence-corrected chi connectivity index (χ1v) is 11.9. The number of nitrogens with zero attached hydrogens (tertiary/aromatic N) is 6. The molecule has 170 valence electrons. The van der Waals surface area contributed by atoms with Gasteiger partial charge in [0, 0.05) is 42.2 Å². The molecule has 0 amide bonds. The number of thioether (sulfide) groups is 1. The maximum atomic E-state index is 5.39. The molecule has 0 atom stereocenters. The third kappa shape index (κ3) is 5.57. The van der Waals surface area contributed by atoms with Gasteiger partial charge in [-0.2, -0.15) is 4.98 Å². The summed E-state index contributed by atoms with van der Waals surface area (Å²) < 4.78 is 7.50. The van der Waals surface area contributed by atoms with Crippen molar-refractivity contribution in [1.29, 1.82) is 0 Å². The SMILES string of the molecule is C=CCn1c(SCCCc2nc(-c3ccncc3)no2)nnc1-c1ccc(C(C)(C)C)cc1. The van der Waals surface area contributed by atoms with Gasteiger partial charge in [-0.15, -0.1) is 16.8 Å². The zero-order valence-corrected chi connectivity index (χ0v) is 20.0. The van der Waals surface area contributed by atoms with Crippen LogP contribution in [0, 0.1) is 0 Å². The molecule has 1 aromatic carbocycles. The van der Waals surface area contributed by atoms with Gasteiger partial charge in [-0.3, -0.25) is 9.55 Å². The van der Waals surface area contributed by atoms with Gasteiger partial charge < -0.3 is 4.52 Å². The second-order valence-electron chi connectivity index (χ2n) is 8.73. The zero-order chi connectivity index (χ0) is 23.3. The summed E-state index contributed by atoms with van der Waals surface area (Å²) >= 11 is 1.68. The summed E-state index contributed by atoms with van der Waals surface area (Å²) in [6, 6.07) is 12.3. The van der Waals surface area contributed by atoms with E-state index in [9.17, 15) is 0 Å². The van der Waals surface area contributed by atoms with Gasteiger partial charge in [0.1, 0.15) is 0 Å². The normalized spacial score (nSPS) is 11.6. The van der Waals surface area contributed by atoms with Crippen molar-refractivity contribution >= 4 is 11.8 Å². The van der Waals surface area contributed by atoms with Gasteiger partial charge in [0.25, 0.3) is 0 Å². The number of hydrogen-bond donors (Lipinski definition) is 0. The molecule has 0 aliphatic rings. The molecule has 4 rings (SSSR count). The summed E-state index contributed by atoms with van der Waals surface area (Å²) in [5.41, 5.74) is 3.36. The van der Waals surface area contributed by atoms with Gasteiger partial charge in [-0.25, -0.2) is 0 Å². The van der Waals surface area contributed by atoms with E-state index in [1.54, 1.807) is 24.2 Å². The number of rotatable bonds is 9. The molecule has 0 saturated carbocycles. The topological polar surface area (TPSA) is 82.5 Å². The lowest BCUT2D eigenvalue weighted by Crippen LogP contribution is -2.10. The van der Waals surface area contributed by atoms with E-state index >= 15 is 0 Å². The van der Waals surface area contributed by atoms with Crippen LogP contribution in [0.15, 0.2) is 71.1 Å². The lowest BCUT2D eigenvalue weighted by atomic mass is 9.87. The molecule has 3 heterocycles. The molecule has 3 aromatic heterocycles. The first kappa shape index (κ1) is 22.9. The van der Waals surface area contributed by atoms with Crippen LogP contribution in [-0.2, 0) is 18.4 Å². The van der Waals surface area contributed by atoms with E-state index in [1.165, 1.54) is 5.56 Å². The lowest BCUT2D eigenvalue weighted by molar-refractivity contribution is 0.378. The fraction of sp³-hybridized carbons (Fsp3) is 0.320. The maximum absolute atomic E-state index is 5.39. The molecule has 33 heavy (non-hydrogen) atoms. The highest BCUT2D eigenvalue weighted by Crippen LogP contribution is 2.28. The quantitative estimate of drug-likeness (QED) is 0.183. The van der Waals surface area contributed by atoms with Crippen LogP contribution in [0.3, 0.4) is 0 Å². The van der Waals surface area contributed by atoms with Crippen molar-refractivity contribution in [2.75, 3.05) is 5.75 Å². The first-order chi connectivity index (χ1) is 16.0. The average Bonchev–Trinajstić information content (AvgIpc) is 3.45. The standard InChI is InChI=1S/C25H28N6OS/c1-5-16-31-23(19-8-10-20(11-9-19)25(2,3)4)28-29-24(31)33-17-6-7-21-27-22(30-32-21)18-12-14-26-15-13-18/h5,8-15H,1,6-7,16-17H2,2-4H3. The molecule has 4 aromatic rings. The summed E-state index contributed by atoms with van der Waals surface area (Å²) in [7, 11) is 0. The molecule has 0 spiro atoms. The van der Waals surface area contributed by atoms with Crippen LogP contribution in [0.4, 0.5) is 0 Å². The smallest absolute Gasteiger partial charge is 0.226 e. The summed E-state index contributed by atoms with van der Waals surface area (Å²) in [5.74, 6) is 2.95. The number of pyridine rings is 1. The van der Waals surface area contributed by atoms with E-state index in [0.717, 1.165) is 34.3 Å². The molecular formula is C25H28N6OS. The molecule has 0 aliphatic carbocycles. The molecule has 0 radical (unpaired) electrons. The Morgan fingerprint density at radius 3 is 2.48 bits per heavy atom. The highest BCUT2D eigenvalue weighted by atomic mass is 32.2. The van der Waals surface area contributed by atoms with E-state index in [2.05, 4.69) is 81.5 Å². The fourth-order valence-electron chi connectivity index (χ4n) is 3.38. The molecule has 0 bridgehead atoms. The second-order valence-corrected chi connectivity index (χ2v) is 9.79. The van der Waals surface area contributed by atoms with Crippen molar-refractivity contribution < 1.29 is 4.52 Å². The van der Waals surface area contributed by atoms with Gasteiger partial charge >= 0.3 is 0 Å². The van der Waals surface area contributed by atoms with Gasteiger partial charge in [-0.1, -0.05) is 68.0 Å². The van der Waals surface area contributed by atoms with Crippen LogP contribution in [0.25, 0.3) is 22.8 Å². The molecule has 7 nitrogen and oxygen atoms in total. The predicted octanol–water partition coefficient (Wildman–Crippen LogP) is 5.60. The van der Waals surface area contributed by atoms with Crippen LogP contribution in [0.5, 0.6) is 0 Å². The molecular weight excluding hydrogens is 432 g/mol. The van der Waals surface area contributed by atoms with Gasteiger partial charge in [0.05, 0.1) is 0 Å². The Morgan fingerprint density at radius 2 is 1.79 bits per heavy atom. The molecule has 0 aliphatic heterocycles. The summed E-state index contributed by atoms with van der Waals surface area (Å²) in [6.07, 6.45) is 6.91. The third-order valence-corrected chi connectivity index (χ3v) is 6.26. The molecule has 0 fully saturated rings. The molecule has 0 saturated heterocycles. The number of aryl methyl sites for hydroxylation is 1. The van der Waals surface area contributed by atoms with E-state index in [0.29, 0.717) is 24.7 Å². The monoisotopic (exact) mass is 460 g/mol. The van der Waals surface area contributed by atoms with Crippen molar-refractivity contribution in [3.63, 3.8) is 0 Å². The minimum atomic E-state index is 0.117.